The minimum atomic E-state index is -0.120. The molecule has 2 aliphatic heterocycles. The van der Waals surface area contributed by atoms with E-state index in [1.807, 2.05) is 35.2 Å². The second-order valence-electron chi connectivity index (χ2n) is 8.51. The molecule has 0 unspecified atom stereocenters. The predicted octanol–water partition coefficient (Wildman–Crippen LogP) is 1.76. The Morgan fingerprint density at radius 2 is 1.68 bits per heavy atom. The molecule has 0 bridgehead atoms. The number of nitrogens with zero attached hydrogens (tertiary/aromatic N) is 3. The fraction of sp³-hybridized carbons (Fsp3) is 0.400. The number of ether oxygens (including phenoxy) is 2. The first-order valence-electron chi connectivity index (χ1n) is 11.7. The van der Waals surface area contributed by atoms with Gasteiger partial charge in [0, 0.05) is 68.2 Å². The van der Waals surface area contributed by atoms with Crippen molar-refractivity contribution >= 4 is 22.8 Å². The van der Waals surface area contributed by atoms with Gasteiger partial charge in [0.05, 0.1) is 32.0 Å². The van der Waals surface area contributed by atoms with Crippen LogP contribution in [0.1, 0.15) is 20.7 Å². The molecule has 2 fully saturated rings. The fourth-order valence-corrected chi connectivity index (χ4v) is 4.35. The van der Waals surface area contributed by atoms with Gasteiger partial charge in [0.25, 0.3) is 11.8 Å². The normalized spacial score (nSPS) is 17.1. The van der Waals surface area contributed by atoms with E-state index in [0.29, 0.717) is 49.6 Å². The highest BCUT2D eigenvalue weighted by molar-refractivity contribution is 6.06. The van der Waals surface area contributed by atoms with Gasteiger partial charge in [-0.2, -0.15) is 0 Å². The first kappa shape index (κ1) is 22.5. The van der Waals surface area contributed by atoms with E-state index in [2.05, 4.69) is 20.2 Å². The Labute approximate surface area is 198 Å². The zero-order valence-corrected chi connectivity index (χ0v) is 19.1. The summed E-state index contributed by atoms with van der Waals surface area (Å²) in [6, 6.07) is 9.49. The molecule has 4 heterocycles. The molecular formula is C25H29N5O4. The summed E-state index contributed by atoms with van der Waals surface area (Å²) >= 11 is 0. The summed E-state index contributed by atoms with van der Waals surface area (Å²) in [5.41, 5.74) is 3.72. The number of fused-ring (bicyclic) bond motifs is 1. The van der Waals surface area contributed by atoms with Crippen molar-refractivity contribution in [1.82, 2.24) is 25.1 Å². The number of amides is 2. The molecule has 2 aromatic heterocycles. The van der Waals surface area contributed by atoms with Gasteiger partial charge in [0.1, 0.15) is 5.65 Å². The molecule has 0 spiro atoms. The van der Waals surface area contributed by atoms with E-state index in [0.717, 1.165) is 49.4 Å². The number of hydrogen-bond donors (Lipinski definition) is 2. The number of aromatic amines is 1. The van der Waals surface area contributed by atoms with Gasteiger partial charge in [0.2, 0.25) is 0 Å². The third-order valence-corrected chi connectivity index (χ3v) is 6.36. The van der Waals surface area contributed by atoms with Crippen molar-refractivity contribution in [2.24, 2.45) is 0 Å². The van der Waals surface area contributed by atoms with Crippen molar-refractivity contribution < 1.29 is 19.1 Å². The summed E-state index contributed by atoms with van der Waals surface area (Å²) < 4.78 is 10.7. The molecule has 0 atom stereocenters. The highest BCUT2D eigenvalue weighted by Crippen LogP contribution is 2.25. The van der Waals surface area contributed by atoms with Crippen LogP contribution in [0.3, 0.4) is 0 Å². The molecule has 0 radical (unpaired) electrons. The fourth-order valence-electron chi connectivity index (χ4n) is 4.35. The van der Waals surface area contributed by atoms with Crippen LogP contribution in [0.2, 0.25) is 0 Å². The number of hydrogen-bond acceptors (Lipinski definition) is 6. The average Bonchev–Trinajstić information content (AvgIpc) is 3.33. The third-order valence-electron chi connectivity index (χ3n) is 6.36. The van der Waals surface area contributed by atoms with Crippen LogP contribution in [0.25, 0.3) is 22.2 Å². The van der Waals surface area contributed by atoms with Gasteiger partial charge in [-0.15, -0.1) is 0 Å². The van der Waals surface area contributed by atoms with Gasteiger partial charge in [-0.3, -0.25) is 14.5 Å². The third kappa shape index (κ3) is 4.96. The number of pyridine rings is 1. The molecule has 2 aliphatic rings. The number of H-pyrrole nitrogens is 1. The van der Waals surface area contributed by atoms with E-state index in [1.54, 1.807) is 12.4 Å². The van der Waals surface area contributed by atoms with E-state index >= 15 is 0 Å². The minimum absolute atomic E-state index is 0.0186. The SMILES string of the molecule is O=C(NCCN1CCOCC1)c1c[nH]c2ncc(-c3ccc(C(=O)N4CCOCC4)cc3)cc12. The molecule has 9 nitrogen and oxygen atoms in total. The van der Waals surface area contributed by atoms with Crippen LogP contribution < -0.4 is 5.32 Å². The summed E-state index contributed by atoms with van der Waals surface area (Å²) in [5, 5.41) is 3.79. The maximum absolute atomic E-state index is 12.8. The number of rotatable bonds is 6. The van der Waals surface area contributed by atoms with Crippen LogP contribution in [0.15, 0.2) is 42.7 Å². The van der Waals surface area contributed by atoms with E-state index in [-0.39, 0.29) is 11.8 Å². The van der Waals surface area contributed by atoms with Gasteiger partial charge < -0.3 is 24.7 Å². The Hall–Kier alpha value is -3.27. The average molecular weight is 464 g/mol. The molecule has 0 aliphatic carbocycles. The molecule has 3 aromatic rings. The van der Waals surface area contributed by atoms with Crippen LogP contribution in [0.5, 0.6) is 0 Å². The zero-order chi connectivity index (χ0) is 23.3. The molecule has 5 rings (SSSR count). The van der Waals surface area contributed by atoms with Crippen LogP contribution in [0.4, 0.5) is 0 Å². The Balaban J connectivity index is 1.27. The summed E-state index contributed by atoms with van der Waals surface area (Å²) in [5.74, 6) is -0.102. The Bertz CT molecular complexity index is 1150. The molecule has 2 amide bonds. The van der Waals surface area contributed by atoms with Gasteiger partial charge in [0.15, 0.2) is 0 Å². The number of carbonyl (C=O) groups excluding carboxylic acids is 2. The lowest BCUT2D eigenvalue weighted by molar-refractivity contribution is 0.0303. The van der Waals surface area contributed by atoms with E-state index in [1.165, 1.54) is 0 Å². The standard InChI is InChI=1S/C25H29N5O4/c31-24(26-5-6-29-7-11-33-12-8-29)22-17-28-23-21(22)15-20(16-27-23)18-1-3-19(4-2-18)25(32)30-9-13-34-14-10-30/h1-4,15-17H,5-14H2,(H,26,31)(H,27,28). The van der Waals surface area contributed by atoms with Crippen molar-refractivity contribution in [2.75, 3.05) is 65.7 Å². The largest absolute Gasteiger partial charge is 0.379 e. The van der Waals surface area contributed by atoms with Crippen LogP contribution in [-0.4, -0.2) is 97.3 Å². The molecule has 34 heavy (non-hydrogen) atoms. The van der Waals surface area contributed by atoms with E-state index in [4.69, 9.17) is 9.47 Å². The van der Waals surface area contributed by atoms with Crippen molar-refractivity contribution in [3.8, 4) is 11.1 Å². The molecule has 2 saturated heterocycles. The quantitative estimate of drug-likeness (QED) is 0.578. The Morgan fingerprint density at radius 3 is 2.41 bits per heavy atom. The van der Waals surface area contributed by atoms with Gasteiger partial charge >= 0.3 is 0 Å². The van der Waals surface area contributed by atoms with Gasteiger partial charge in [-0.1, -0.05) is 12.1 Å². The predicted molar refractivity (Wildman–Crippen MR) is 128 cm³/mol. The number of aromatic nitrogens is 2. The zero-order valence-electron chi connectivity index (χ0n) is 19.1. The minimum Gasteiger partial charge on any atom is -0.379 e. The first-order chi connectivity index (χ1) is 16.7. The van der Waals surface area contributed by atoms with E-state index in [9.17, 15) is 9.59 Å². The molecule has 1 aromatic carbocycles. The maximum Gasteiger partial charge on any atom is 0.254 e. The second-order valence-corrected chi connectivity index (χ2v) is 8.51. The van der Waals surface area contributed by atoms with Crippen molar-refractivity contribution in [3.63, 3.8) is 0 Å². The van der Waals surface area contributed by atoms with Crippen LogP contribution in [0, 0.1) is 0 Å². The lowest BCUT2D eigenvalue weighted by Gasteiger charge is -2.26. The smallest absolute Gasteiger partial charge is 0.254 e. The summed E-state index contributed by atoms with van der Waals surface area (Å²) in [4.78, 5) is 37.2. The lowest BCUT2D eigenvalue weighted by atomic mass is 10.0. The first-order valence-corrected chi connectivity index (χ1v) is 11.7. The highest BCUT2D eigenvalue weighted by atomic mass is 16.5. The number of nitrogens with one attached hydrogen (secondary N) is 2. The summed E-state index contributed by atoms with van der Waals surface area (Å²) in [7, 11) is 0. The molecule has 9 heteroatoms. The molecular weight excluding hydrogens is 434 g/mol. The van der Waals surface area contributed by atoms with Gasteiger partial charge in [-0.05, 0) is 23.8 Å². The van der Waals surface area contributed by atoms with Crippen molar-refractivity contribution in [1.29, 1.82) is 0 Å². The Morgan fingerprint density at radius 1 is 0.971 bits per heavy atom. The monoisotopic (exact) mass is 463 g/mol. The van der Waals surface area contributed by atoms with Crippen LogP contribution in [-0.2, 0) is 9.47 Å². The number of carbonyl (C=O) groups is 2. The maximum atomic E-state index is 12.8. The highest BCUT2D eigenvalue weighted by Gasteiger charge is 2.19. The molecule has 2 N–H and O–H groups in total. The van der Waals surface area contributed by atoms with Gasteiger partial charge in [-0.25, -0.2) is 4.98 Å². The Kier molecular flexibility index (Phi) is 6.84. The molecule has 178 valence electrons. The lowest BCUT2D eigenvalue weighted by Crippen LogP contribution is -2.41. The molecule has 0 saturated carbocycles. The van der Waals surface area contributed by atoms with Crippen LogP contribution >= 0.6 is 0 Å². The topological polar surface area (TPSA) is 99.8 Å². The second kappa shape index (κ2) is 10.3. The number of morpholine rings is 2. The van der Waals surface area contributed by atoms with E-state index < -0.39 is 0 Å². The number of benzene rings is 1. The summed E-state index contributed by atoms with van der Waals surface area (Å²) in [6.07, 6.45) is 3.48. The van der Waals surface area contributed by atoms with Crippen molar-refractivity contribution in [2.45, 2.75) is 0 Å². The summed E-state index contributed by atoms with van der Waals surface area (Å²) in [6.45, 7) is 7.05. The van der Waals surface area contributed by atoms with Crippen molar-refractivity contribution in [3.05, 3.63) is 53.9 Å².